The SMILES string of the molecule is C=C/C=C(/OCCF)C(=C)C(F)(F)F. The van der Waals surface area contributed by atoms with Crippen molar-refractivity contribution in [1.82, 2.24) is 0 Å². The fraction of sp³-hybridized carbons (Fsp3) is 0.333. The molecule has 5 heteroatoms. The van der Waals surface area contributed by atoms with Crippen molar-refractivity contribution in [2.24, 2.45) is 0 Å². The molecule has 0 aromatic heterocycles. The van der Waals surface area contributed by atoms with Gasteiger partial charge in [0.25, 0.3) is 0 Å². The van der Waals surface area contributed by atoms with E-state index in [1.54, 1.807) is 0 Å². The Kier molecular flexibility index (Phi) is 4.97. The van der Waals surface area contributed by atoms with Crippen LogP contribution in [0.3, 0.4) is 0 Å². The summed E-state index contributed by atoms with van der Waals surface area (Å²) in [5, 5.41) is 0. The van der Waals surface area contributed by atoms with E-state index in [9.17, 15) is 17.6 Å². The Bertz CT molecular complexity index is 240. The molecule has 0 saturated heterocycles. The Morgan fingerprint density at radius 1 is 1.36 bits per heavy atom. The van der Waals surface area contributed by atoms with Crippen LogP contribution < -0.4 is 0 Å². The molecule has 80 valence electrons. The second kappa shape index (κ2) is 5.47. The van der Waals surface area contributed by atoms with Crippen molar-refractivity contribution >= 4 is 0 Å². The van der Waals surface area contributed by atoms with E-state index < -0.39 is 30.8 Å². The van der Waals surface area contributed by atoms with Gasteiger partial charge in [0.05, 0.1) is 5.57 Å². The Morgan fingerprint density at radius 3 is 2.29 bits per heavy atom. The van der Waals surface area contributed by atoms with Gasteiger partial charge in [-0.25, -0.2) is 4.39 Å². The highest BCUT2D eigenvalue weighted by Crippen LogP contribution is 2.30. The molecule has 0 heterocycles. The van der Waals surface area contributed by atoms with Crippen molar-refractivity contribution in [1.29, 1.82) is 0 Å². The number of halogens is 4. The van der Waals surface area contributed by atoms with Crippen LogP contribution in [0, 0.1) is 0 Å². The number of alkyl halides is 4. The first kappa shape index (κ1) is 12.7. The van der Waals surface area contributed by atoms with Crippen LogP contribution in [0.25, 0.3) is 0 Å². The van der Waals surface area contributed by atoms with Gasteiger partial charge in [-0.05, 0) is 6.08 Å². The summed E-state index contributed by atoms with van der Waals surface area (Å²) in [5.74, 6) is -0.509. The molecule has 0 atom stereocenters. The van der Waals surface area contributed by atoms with Gasteiger partial charge in [-0.1, -0.05) is 19.2 Å². The first-order valence-electron chi connectivity index (χ1n) is 3.71. The fourth-order valence-electron chi connectivity index (χ4n) is 0.631. The topological polar surface area (TPSA) is 9.23 Å². The molecule has 0 rings (SSSR count). The van der Waals surface area contributed by atoms with Crippen molar-refractivity contribution < 1.29 is 22.3 Å². The van der Waals surface area contributed by atoms with Gasteiger partial charge in [-0.2, -0.15) is 13.2 Å². The summed E-state index contributed by atoms with van der Waals surface area (Å²) in [4.78, 5) is 0. The first-order chi connectivity index (χ1) is 6.43. The molecule has 0 aliphatic carbocycles. The van der Waals surface area contributed by atoms with Crippen LogP contribution in [-0.4, -0.2) is 19.5 Å². The van der Waals surface area contributed by atoms with E-state index in [0.29, 0.717) is 0 Å². The monoisotopic (exact) mass is 210 g/mol. The number of ether oxygens (including phenoxy) is 1. The third kappa shape index (κ3) is 4.11. The zero-order valence-electron chi connectivity index (χ0n) is 7.40. The third-order valence-electron chi connectivity index (χ3n) is 1.24. The summed E-state index contributed by atoms with van der Waals surface area (Å²) in [6, 6.07) is 0. The molecule has 0 radical (unpaired) electrons. The number of rotatable bonds is 5. The smallest absolute Gasteiger partial charge is 0.419 e. The van der Waals surface area contributed by atoms with Crippen molar-refractivity contribution in [2.75, 3.05) is 13.3 Å². The molecule has 0 aliphatic rings. The highest BCUT2D eigenvalue weighted by Gasteiger charge is 2.35. The maximum atomic E-state index is 12.1. The molecule has 0 saturated carbocycles. The van der Waals surface area contributed by atoms with E-state index in [1.165, 1.54) is 0 Å². The Labute approximate surface area is 79.4 Å². The lowest BCUT2D eigenvalue weighted by Crippen LogP contribution is -2.15. The molecule has 0 bridgehead atoms. The zero-order valence-corrected chi connectivity index (χ0v) is 7.40. The van der Waals surface area contributed by atoms with Gasteiger partial charge in [-0.3, -0.25) is 0 Å². The minimum absolute atomic E-state index is 0.436. The molecular weight excluding hydrogens is 200 g/mol. The third-order valence-corrected chi connectivity index (χ3v) is 1.24. The molecule has 0 aromatic rings. The second-order valence-corrected chi connectivity index (χ2v) is 2.28. The first-order valence-corrected chi connectivity index (χ1v) is 3.71. The standard InChI is InChI=1S/C9H10F4O/c1-3-4-8(14-6-5-10)7(2)9(11,12)13/h3-4H,1-2,5-6H2/b8-4+. The summed E-state index contributed by atoms with van der Waals surface area (Å²) >= 11 is 0. The summed E-state index contributed by atoms with van der Waals surface area (Å²) in [6.07, 6.45) is -2.47. The molecule has 0 amide bonds. The number of hydrogen-bond donors (Lipinski definition) is 0. The maximum absolute atomic E-state index is 12.1. The molecule has 0 unspecified atom stereocenters. The molecule has 1 nitrogen and oxygen atoms in total. The van der Waals surface area contributed by atoms with Gasteiger partial charge < -0.3 is 4.74 Å². The lowest BCUT2D eigenvalue weighted by Gasteiger charge is -2.13. The minimum atomic E-state index is -4.58. The van der Waals surface area contributed by atoms with Gasteiger partial charge in [0.15, 0.2) is 0 Å². The van der Waals surface area contributed by atoms with Gasteiger partial charge in [0.2, 0.25) is 0 Å². The van der Waals surface area contributed by atoms with Crippen LogP contribution in [0.5, 0.6) is 0 Å². The van der Waals surface area contributed by atoms with E-state index in [0.717, 1.165) is 12.2 Å². The molecule has 0 fully saturated rings. The predicted octanol–water partition coefficient (Wildman–Crippen LogP) is 3.16. The Balaban J connectivity index is 4.59. The van der Waals surface area contributed by atoms with Gasteiger partial charge in [0, 0.05) is 0 Å². The van der Waals surface area contributed by atoms with Crippen molar-refractivity contribution in [3.8, 4) is 0 Å². The van der Waals surface area contributed by atoms with Crippen molar-refractivity contribution in [3.05, 3.63) is 36.6 Å². The second-order valence-electron chi connectivity index (χ2n) is 2.28. The summed E-state index contributed by atoms with van der Waals surface area (Å²) in [5.41, 5.74) is -1.15. The van der Waals surface area contributed by atoms with Gasteiger partial charge in [0.1, 0.15) is 19.0 Å². The quantitative estimate of drug-likeness (QED) is 0.384. The van der Waals surface area contributed by atoms with E-state index in [1.807, 2.05) is 0 Å². The summed E-state index contributed by atoms with van der Waals surface area (Å²) in [6.45, 7) is 4.73. The van der Waals surface area contributed by atoms with Gasteiger partial charge >= 0.3 is 6.18 Å². The summed E-state index contributed by atoms with van der Waals surface area (Å²) < 4.78 is 52.5. The molecule has 0 aliphatic heterocycles. The molecule has 0 N–H and O–H groups in total. The Morgan fingerprint density at radius 2 is 1.93 bits per heavy atom. The predicted molar refractivity (Wildman–Crippen MR) is 45.4 cm³/mol. The Hall–Kier alpha value is -1.26. The largest absolute Gasteiger partial charge is 0.490 e. The van der Waals surface area contributed by atoms with E-state index in [2.05, 4.69) is 17.9 Å². The minimum Gasteiger partial charge on any atom is -0.490 e. The van der Waals surface area contributed by atoms with Crippen LogP contribution in [0.2, 0.25) is 0 Å². The highest BCUT2D eigenvalue weighted by atomic mass is 19.4. The summed E-state index contributed by atoms with van der Waals surface area (Å²) in [7, 11) is 0. The fourth-order valence-corrected chi connectivity index (χ4v) is 0.631. The normalized spacial score (nSPS) is 12.4. The van der Waals surface area contributed by atoms with E-state index in [-0.39, 0.29) is 0 Å². The van der Waals surface area contributed by atoms with Crippen molar-refractivity contribution in [3.63, 3.8) is 0 Å². The maximum Gasteiger partial charge on any atom is 0.419 e. The zero-order chi connectivity index (χ0) is 11.2. The van der Waals surface area contributed by atoms with E-state index >= 15 is 0 Å². The number of allylic oxidation sites excluding steroid dienone is 3. The average molecular weight is 210 g/mol. The lowest BCUT2D eigenvalue weighted by molar-refractivity contribution is -0.0936. The van der Waals surface area contributed by atoms with Crippen LogP contribution in [0.15, 0.2) is 36.6 Å². The molecule has 0 aromatic carbocycles. The molecule has 14 heavy (non-hydrogen) atoms. The van der Waals surface area contributed by atoms with Crippen LogP contribution in [0.1, 0.15) is 0 Å². The average Bonchev–Trinajstić information content (AvgIpc) is 2.09. The molecular formula is C9H10F4O. The molecule has 0 spiro atoms. The lowest BCUT2D eigenvalue weighted by atomic mass is 10.2. The number of hydrogen-bond acceptors (Lipinski definition) is 1. The van der Waals surface area contributed by atoms with E-state index in [4.69, 9.17) is 0 Å². The van der Waals surface area contributed by atoms with Crippen LogP contribution in [0.4, 0.5) is 17.6 Å². The van der Waals surface area contributed by atoms with Crippen LogP contribution >= 0.6 is 0 Å². The highest BCUT2D eigenvalue weighted by molar-refractivity contribution is 5.29. The van der Waals surface area contributed by atoms with Crippen molar-refractivity contribution in [2.45, 2.75) is 6.18 Å². The van der Waals surface area contributed by atoms with Gasteiger partial charge in [-0.15, -0.1) is 0 Å². The van der Waals surface area contributed by atoms with Crippen LogP contribution in [-0.2, 0) is 4.74 Å².